The van der Waals surface area contributed by atoms with Crippen molar-refractivity contribution in [3.05, 3.63) is 53.6 Å². The predicted octanol–water partition coefficient (Wildman–Crippen LogP) is 2.27. The van der Waals surface area contributed by atoms with Gasteiger partial charge in [-0.25, -0.2) is 0 Å². The Bertz CT molecular complexity index is 699. The van der Waals surface area contributed by atoms with E-state index >= 15 is 0 Å². The highest BCUT2D eigenvalue weighted by Gasteiger charge is 2.09. The molecule has 0 heterocycles. The van der Waals surface area contributed by atoms with Crippen molar-refractivity contribution in [1.29, 1.82) is 0 Å². The summed E-state index contributed by atoms with van der Waals surface area (Å²) in [5, 5.41) is 12.4. The van der Waals surface area contributed by atoms with Gasteiger partial charge in [-0.1, -0.05) is 12.1 Å². The van der Waals surface area contributed by atoms with Gasteiger partial charge in [0.25, 0.3) is 5.91 Å². The fraction of sp³-hybridized carbons (Fsp3) is 0.316. The first-order valence-electron chi connectivity index (χ1n) is 8.01. The number of aromatic hydroxyl groups is 1. The van der Waals surface area contributed by atoms with Gasteiger partial charge in [-0.2, -0.15) is 0 Å². The lowest BCUT2D eigenvalue weighted by Crippen LogP contribution is -2.22. The van der Waals surface area contributed by atoms with Gasteiger partial charge in [0.15, 0.2) is 11.5 Å². The minimum atomic E-state index is -0.232. The summed E-state index contributed by atoms with van der Waals surface area (Å²) in [4.78, 5) is 14.2. The number of nitrogens with one attached hydrogen (secondary N) is 1. The van der Waals surface area contributed by atoms with Crippen molar-refractivity contribution in [2.75, 3.05) is 34.4 Å². The van der Waals surface area contributed by atoms with Crippen molar-refractivity contribution in [2.24, 2.45) is 0 Å². The lowest BCUT2D eigenvalue weighted by Gasteiger charge is -2.11. The molecule has 0 aliphatic heterocycles. The summed E-state index contributed by atoms with van der Waals surface area (Å²) in [5.74, 6) is 0.848. The first-order valence-corrected chi connectivity index (χ1v) is 8.01. The van der Waals surface area contributed by atoms with Crippen LogP contribution in [0.3, 0.4) is 0 Å². The first kappa shape index (κ1) is 18.6. The van der Waals surface area contributed by atoms with E-state index in [1.807, 2.05) is 38.4 Å². The van der Waals surface area contributed by atoms with Crippen molar-refractivity contribution in [3.8, 4) is 17.2 Å². The largest absolute Gasteiger partial charge is 0.504 e. The molecule has 134 valence electrons. The van der Waals surface area contributed by atoms with Crippen LogP contribution in [0.25, 0.3) is 0 Å². The normalized spacial score (nSPS) is 10.6. The number of amides is 1. The molecule has 2 aromatic rings. The molecular weight excluding hydrogens is 320 g/mol. The van der Waals surface area contributed by atoms with E-state index < -0.39 is 0 Å². The van der Waals surface area contributed by atoms with Crippen molar-refractivity contribution in [2.45, 2.75) is 6.54 Å². The number of benzene rings is 2. The zero-order valence-corrected chi connectivity index (χ0v) is 14.8. The fourth-order valence-corrected chi connectivity index (χ4v) is 2.15. The summed E-state index contributed by atoms with van der Waals surface area (Å²) in [6.07, 6.45) is 0. The molecule has 0 saturated carbocycles. The number of hydrogen-bond acceptors (Lipinski definition) is 5. The molecule has 0 aromatic heterocycles. The highest BCUT2D eigenvalue weighted by molar-refractivity contribution is 5.94. The Balaban J connectivity index is 1.87. The van der Waals surface area contributed by atoms with Gasteiger partial charge in [-0.05, 0) is 50.0 Å². The molecule has 0 spiro atoms. The molecular formula is C19H24N2O4. The second kappa shape index (κ2) is 8.94. The second-order valence-corrected chi connectivity index (χ2v) is 5.86. The fourth-order valence-electron chi connectivity index (χ4n) is 2.15. The van der Waals surface area contributed by atoms with Crippen LogP contribution < -0.4 is 14.8 Å². The van der Waals surface area contributed by atoms with Crippen LogP contribution in [0.5, 0.6) is 17.2 Å². The van der Waals surface area contributed by atoms with E-state index in [1.54, 1.807) is 6.07 Å². The monoisotopic (exact) mass is 344 g/mol. The van der Waals surface area contributed by atoms with Gasteiger partial charge >= 0.3 is 0 Å². The molecule has 1 amide bonds. The van der Waals surface area contributed by atoms with Crippen LogP contribution in [0.4, 0.5) is 0 Å². The minimum Gasteiger partial charge on any atom is -0.504 e. The number of phenols is 1. The van der Waals surface area contributed by atoms with Gasteiger partial charge in [0, 0.05) is 18.7 Å². The molecule has 0 aliphatic rings. The third-order valence-electron chi connectivity index (χ3n) is 3.63. The zero-order chi connectivity index (χ0) is 18.2. The molecule has 2 rings (SSSR count). The van der Waals surface area contributed by atoms with E-state index in [4.69, 9.17) is 9.47 Å². The van der Waals surface area contributed by atoms with Gasteiger partial charge in [0.2, 0.25) is 0 Å². The molecule has 0 atom stereocenters. The Kier molecular flexibility index (Phi) is 6.65. The van der Waals surface area contributed by atoms with Crippen LogP contribution >= 0.6 is 0 Å². The van der Waals surface area contributed by atoms with Crippen molar-refractivity contribution < 1.29 is 19.4 Å². The third kappa shape index (κ3) is 5.69. The summed E-state index contributed by atoms with van der Waals surface area (Å²) in [7, 11) is 5.44. The molecule has 2 N–H and O–H groups in total. The molecule has 0 bridgehead atoms. The Hall–Kier alpha value is -2.73. The van der Waals surface area contributed by atoms with Crippen molar-refractivity contribution >= 4 is 5.91 Å². The topological polar surface area (TPSA) is 71.0 Å². The summed E-state index contributed by atoms with van der Waals surface area (Å²) >= 11 is 0. The van der Waals surface area contributed by atoms with Gasteiger partial charge < -0.3 is 24.8 Å². The first-order chi connectivity index (χ1) is 12.0. The number of phenolic OH excluding ortho intramolecular Hbond substituents is 1. The average molecular weight is 344 g/mol. The Morgan fingerprint density at radius 1 is 1.16 bits per heavy atom. The van der Waals surface area contributed by atoms with E-state index in [0.29, 0.717) is 18.7 Å². The van der Waals surface area contributed by atoms with Crippen LogP contribution in [0.15, 0.2) is 42.5 Å². The van der Waals surface area contributed by atoms with Crippen molar-refractivity contribution in [1.82, 2.24) is 10.2 Å². The molecule has 0 saturated heterocycles. The number of carbonyl (C=O) groups excluding carboxylic acids is 1. The molecule has 0 fully saturated rings. The van der Waals surface area contributed by atoms with Gasteiger partial charge in [0.1, 0.15) is 12.4 Å². The van der Waals surface area contributed by atoms with E-state index in [0.717, 1.165) is 17.9 Å². The molecule has 0 radical (unpaired) electrons. The maximum absolute atomic E-state index is 12.2. The number of ether oxygens (including phenoxy) is 2. The Morgan fingerprint density at radius 3 is 2.52 bits per heavy atom. The number of likely N-dealkylation sites (N-methyl/N-ethyl adjacent to an activating group) is 1. The lowest BCUT2D eigenvalue weighted by atomic mass is 10.1. The summed E-state index contributed by atoms with van der Waals surface area (Å²) in [6, 6.07) is 12.1. The Morgan fingerprint density at radius 2 is 1.88 bits per heavy atom. The SMILES string of the molecule is COc1cc(C(=O)NCc2ccc(OCCN(C)C)cc2)ccc1O. The lowest BCUT2D eigenvalue weighted by molar-refractivity contribution is 0.0950. The van der Waals surface area contributed by atoms with Crippen molar-refractivity contribution in [3.63, 3.8) is 0 Å². The van der Waals surface area contributed by atoms with Crippen LogP contribution in [0, 0.1) is 0 Å². The van der Waals surface area contributed by atoms with Crippen LogP contribution in [-0.4, -0.2) is 50.3 Å². The van der Waals surface area contributed by atoms with E-state index in [1.165, 1.54) is 19.2 Å². The third-order valence-corrected chi connectivity index (χ3v) is 3.63. The Labute approximate surface area is 148 Å². The maximum Gasteiger partial charge on any atom is 0.251 e. The number of hydrogen-bond donors (Lipinski definition) is 2. The molecule has 6 nitrogen and oxygen atoms in total. The number of carbonyl (C=O) groups is 1. The number of nitrogens with zero attached hydrogens (tertiary/aromatic N) is 1. The van der Waals surface area contributed by atoms with E-state index in [2.05, 4.69) is 10.2 Å². The number of methoxy groups -OCH3 is 1. The summed E-state index contributed by atoms with van der Waals surface area (Å²) in [5.41, 5.74) is 1.40. The zero-order valence-electron chi connectivity index (χ0n) is 14.8. The standard InChI is InChI=1S/C19H24N2O4/c1-21(2)10-11-25-16-7-4-14(5-8-16)13-20-19(23)15-6-9-17(22)18(12-15)24-3/h4-9,12,22H,10-11,13H2,1-3H3,(H,20,23). The van der Waals surface area contributed by atoms with Crippen LogP contribution in [-0.2, 0) is 6.54 Å². The van der Waals surface area contributed by atoms with Crippen LogP contribution in [0.2, 0.25) is 0 Å². The molecule has 6 heteroatoms. The minimum absolute atomic E-state index is 0.00362. The highest BCUT2D eigenvalue weighted by atomic mass is 16.5. The van der Waals surface area contributed by atoms with Gasteiger partial charge in [-0.15, -0.1) is 0 Å². The highest BCUT2D eigenvalue weighted by Crippen LogP contribution is 2.26. The summed E-state index contributed by atoms with van der Waals surface area (Å²) in [6.45, 7) is 1.89. The molecule has 2 aromatic carbocycles. The van der Waals surface area contributed by atoms with Gasteiger partial charge in [0.05, 0.1) is 7.11 Å². The van der Waals surface area contributed by atoms with Crippen LogP contribution in [0.1, 0.15) is 15.9 Å². The quantitative estimate of drug-likeness (QED) is 0.769. The molecule has 0 unspecified atom stereocenters. The number of rotatable bonds is 8. The second-order valence-electron chi connectivity index (χ2n) is 5.86. The van der Waals surface area contributed by atoms with Gasteiger partial charge in [-0.3, -0.25) is 4.79 Å². The maximum atomic E-state index is 12.2. The smallest absolute Gasteiger partial charge is 0.251 e. The average Bonchev–Trinajstić information content (AvgIpc) is 2.61. The molecule has 25 heavy (non-hydrogen) atoms. The predicted molar refractivity (Wildman–Crippen MR) is 96.3 cm³/mol. The van der Waals surface area contributed by atoms with E-state index in [9.17, 15) is 9.90 Å². The summed E-state index contributed by atoms with van der Waals surface area (Å²) < 4.78 is 10.6. The van der Waals surface area contributed by atoms with E-state index in [-0.39, 0.29) is 17.4 Å². The molecule has 0 aliphatic carbocycles.